The lowest BCUT2D eigenvalue weighted by Gasteiger charge is -2.35. The number of hydrogen-bond acceptors (Lipinski definition) is 3. The van der Waals surface area contributed by atoms with Gasteiger partial charge in [0.2, 0.25) is 11.8 Å². The van der Waals surface area contributed by atoms with Crippen molar-refractivity contribution in [2.75, 3.05) is 26.7 Å². The SMILES string of the molecule is CNC(=O)C1CNCCN1C(=O)CCc1cccc(C)c1. The molecule has 1 aliphatic rings. The van der Waals surface area contributed by atoms with Crippen molar-refractivity contribution in [3.8, 4) is 0 Å². The van der Waals surface area contributed by atoms with Crippen LogP contribution in [0.2, 0.25) is 0 Å². The number of piperazine rings is 1. The van der Waals surface area contributed by atoms with Crippen LogP contribution in [0.4, 0.5) is 0 Å². The summed E-state index contributed by atoms with van der Waals surface area (Å²) in [5.74, 6) is -0.0577. The van der Waals surface area contributed by atoms with Crippen molar-refractivity contribution in [3.05, 3.63) is 35.4 Å². The summed E-state index contributed by atoms with van der Waals surface area (Å²) in [5, 5.41) is 5.79. The second-order valence-electron chi connectivity index (χ2n) is 5.41. The maximum Gasteiger partial charge on any atom is 0.243 e. The van der Waals surface area contributed by atoms with Gasteiger partial charge in [0.25, 0.3) is 0 Å². The molecule has 1 aromatic carbocycles. The molecule has 114 valence electrons. The molecule has 1 saturated heterocycles. The van der Waals surface area contributed by atoms with Gasteiger partial charge in [-0.05, 0) is 18.9 Å². The van der Waals surface area contributed by atoms with Gasteiger partial charge >= 0.3 is 0 Å². The van der Waals surface area contributed by atoms with E-state index in [4.69, 9.17) is 0 Å². The number of hydrogen-bond donors (Lipinski definition) is 2. The summed E-state index contributed by atoms with van der Waals surface area (Å²) in [6.07, 6.45) is 1.15. The summed E-state index contributed by atoms with van der Waals surface area (Å²) in [7, 11) is 1.60. The first-order valence-electron chi connectivity index (χ1n) is 7.39. The molecule has 2 amide bonds. The van der Waals surface area contributed by atoms with Crippen LogP contribution in [0.1, 0.15) is 17.5 Å². The van der Waals surface area contributed by atoms with Crippen LogP contribution in [0.25, 0.3) is 0 Å². The van der Waals surface area contributed by atoms with Gasteiger partial charge in [-0.1, -0.05) is 29.8 Å². The highest BCUT2D eigenvalue weighted by Gasteiger charge is 2.30. The van der Waals surface area contributed by atoms with E-state index in [1.54, 1.807) is 11.9 Å². The van der Waals surface area contributed by atoms with Crippen molar-refractivity contribution in [2.45, 2.75) is 25.8 Å². The van der Waals surface area contributed by atoms with E-state index >= 15 is 0 Å². The van der Waals surface area contributed by atoms with Gasteiger partial charge < -0.3 is 15.5 Å². The number of aryl methyl sites for hydroxylation is 2. The Morgan fingerprint density at radius 1 is 1.43 bits per heavy atom. The second kappa shape index (κ2) is 7.22. The van der Waals surface area contributed by atoms with Crippen LogP contribution in [0.15, 0.2) is 24.3 Å². The third-order valence-corrected chi connectivity index (χ3v) is 3.82. The monoisotopic (exact) mass is 289 g/mol. The molecule has 21 heavy (non-hydrogen) atoms. The molecule has 1 unspecified atom stereocenters. The summed E-state index contributed by atoms with van der Waals surface area (Å²) in [4.78, 5) is 26.0. The minimum Gasteiger partial charge on any atom is -0.357 e. The van der Waals surface area contributed by atoms with E-state index in [2.05, 4.69) is 16.7 Å². The lowest BCUT2D eigenvalue weighted by Crippen LogP contribution is -2.59. The minimum absolute atomic E-state index is 0.0478. The molecular weight excluding hydrogens is 266 g/mol. The van der Waals surface area contributed by atoms with Crippen LogP contribution < -0.4 is 10.6 Å². The van der Waals surface area contributed by atoms with Crippen LogP contribution in [-0.4, -0.2) is 49.4 Å². The molecule has 0 radical (unpaired) electrons. The lowest BCUT2D eigenvalue weighted by molar-refractivity contribution is -0.141. The normalized spacial score (nSPS) is 18.4. The standard InChI is InChI=1S/C16H23N3O2/c1-12-4-3-5-13(10-12)6-7-15(20)19-9-8-18-11-14(19)16(21)17-2/h3-5,10,14,18H,6-9,11H2,1-2H3,(H,17,21). The van der Waals surface area contributed by atoms with E-state index in [1.165, 1.54) is 5.56 Å². The van der Waals surface area contributed by atoms with Crippen molar-refractivity contribution in [2.24, 2.45) is 0 Å². The lowest BCUT2D eigenvalue weighted by atomic mass is 10.1. The molecule has 0 aromatic heterocycles. The number of carbonyl (C=O) groups is 2. The van der Waals surface area contributed by atoms with Gasteiger partial charge in [-0.25, -0.2) is 0 Å². The summed E-state index contributed by atoms with van der Waals surface area (Å²) in [6, 6.07) is 7.79. The summed E-state index contributed by atoms with van der Waals surface area (Å²) < 4.78 is 0. The third-order valence-electron chi connectivity index (χ3n) is 3.82. The molecule has 5 nitrogen and oxygen atoms in total. The Morgan fingerprint density at radius 2 is 2.24 bits per heavy atom. The van der Waals surface area contributed by atoms with Gasteiger partial charge in [0.1, 0.15) is 6.04 Å². The molecule has 0 spiro atoms. The highest BCUT2D eigenvalue weighted by atomic mass is 16.2. The zero-order valence-electron chi connectivity index (χ0n) is 12.7. The van der Waals surface area contributed by atoms with Gasteiger partial charge in [0.05, 0.1) is 0 Å². The second-order valence-corrected chi connectivity index (χ2v) is 5.41. The predicted octanol–water partition coefficient (Wildman–Crippen LogP) is 0.474. The molecule has 1 aromatic rings. The fourth-order valence-corrected chi connectivity index (χ4v) is 2.67. The molecular formula is C16H23N3O2. The first-order valence-corrected chi connectivity index (χ1v) is 7.39. The molecule has 1 atom stereocenters. The zero-order chi connectivity index (χ0) is 15.2. The topological polar surface area (TPSA) is 61.4 Å². The van der Waals surface area contributed by atoms with Crippen molar-refractivity contribution in [1.82, 2.24) is 15.5 Å². The minimum atomic E-state index is -0.395. The smallest absolute Gasteiger partial charge is 0.243 e. The Morgan fingerprint density at radius 3 is 2.95 bits per heavy atom. The highest BCUT2D eigenvalue weighted by molar-refractivity contribution is 5.88. The van der Waals surface area contributed by atoms with Crippen LogP contribution in [0.5, 0.6) is 0 Å². The molecule has 1 aliphatic heterocycles. The van der Waals surface area contributed by atoms with E-state index in [9.17, 15) is 9.59 Å². The maximum absolute atomic E-state index is 12.4. The number of benzene rings is 1. The van der Waals surface area contributed by atoms with Gasteiger partial charge in [0, 0.05) is 33.1 Å². The molecule has 1 fully saturated rings. The molecule has 5 heteroatoms. The number of rotatable bonds is 4. The molecule has 0 bridgehead atoms. The fraction of sp³-hybridized carbons (Fsp3) is 0.500. The average Bonchev–Trinajstić information content (AvgIpc) is 2.52. The van der Waals surface area contributed by atoms with Gasteiger partial charge in [0.15, 0.2) is 0 Å². The summed E-state index contributed by atoms with van der Waals surface area (Å²) in [6.45, 7) is 3.90. The molecule has 2 rings (SSSR count). The summed E-state index contributed by atoms with van der Waals surface area (Å²) >= 11 is 0. The Labute approximate surface area is 125 Å². The van der Waals surface area contributed by atoms with Gasteiger partial charge in [-0.2, -0.15) is 0 Å². The number of nitrogens with zero attached hydrogens (tertiary/aromatic N) is 1. The largest absolute Gasteiger partial charge is 0.357 e. The molecule has 1 heterocycles. The summed E-state index contributed by atoms with van der Waals surface area (Å²) in [5.41, 5.74) is 2.36. The van der Waals surface area contributed by atoms with E-state index in [1.807, 2.05) is 25.1 Å². The van der Waals surface area contributed by atoms with E-state index < -0.39 is 6.04 Å². The van der Waals surface area contributed by atoms with Gasteiger partial charge in [-0.15, -0.1) is 0 Å². The van der Waals surface area contributed by atoms with Gasteiger partial charge in [-0.3, -0.25) is 9.59 Å². The van der Waals surface area contributed by atoms with Crippen molar-refractivity contribution in [1.29, 1.82) is 0 Å². The quantitative estimate of drug-likeness (QED) is 0.847. The number of carbonyl (C=O) groups excluding carboxylic acids is 2. The van der Waals surface area contributed by atoms with Crippen LogP contribution in [0.3, 0.4) is 0 Å². The van der Waals surface area contributed by atoms with Crippen molar-refractivity contribution < 1.29 is 9.59 Å². The van der Waals surface area contributed by atoms with E-state index in [0.29, 0.717) is 25.9 Å². The predicted molar refractivity (Wildman–Crippen MR) is 81.9 cm³/mol. The first-order chi connectivity index (χ1) is 10.1. The number of nitrogens with one attached hydrogen (secondary N) is 2. The average molecular weight is 289 g/mol. The van der Waals surface area contributed by atoms with Crippen LogP contribution >= 0.6 is 0 Å². The van der Waals surface area contributed by atoms with Crippen LogP contribution in [0, 0.1) is 6.92 Å². The van der Waals surface area contributed by atoms with Crippen LogP contribution in [-0.2, 0) is 16.0 Å². The van der Waals surface area contributed by atoms with E-state index in [-0.39, 0.29) is 11.8 Å². The Kier molecular flexibility index (Phi) is 5.33. The first kappa shape index (κ1) is 15.5. The van der Waals surface area contributed by atoms with Crippen molar-refractivity contribution >= 4 is 11.8 Å². The Bertz CT molecular complexity index is 516. The fourth-order valence-electron chi connectivity index (χ4n) is 2.67. The zero-order valence-corrected chi connectivity index (χ0v) is 12.7. The van der Waals surface area contributed by atoms with E-state index in [0.717, 1.165) is 12.1 Å². The maximum atomic E-state index is 12.4. The third kappa shape index (κ3) is 4.04. The molecule has 0 saturated carbocycles. The Hall–Kier alpha value is -1.88. The molecule has 2 N–H and O–H groups in total. The van der Waals surface area contributed by atoms with Crippen molar-refractivity contribution in [3.63, 3.8) is 0 Å². The Balaban J connectivity index is 1.96. The number of likely N-dealkylation sites (N-methyl/N-ethyl adjacent to an activating group) is 1. The molecule has 0 aliphatic carbocycles. The highest BCUT2D eigenvalue weighted by Crippen LogP contribution is 2.11. The number of amides is 2.